The van der Waals surface area contributed by atoms with Crippen molar-refractivity contribution in [2.24, 2.45) is 0 Å². The van der Waals surface area contributed by atoms with Crippen molar-refractivity contribution in [2.75, 3.05) is 0 Å². The van der Waals surface area contributed by atoms with Crippen molar-refractivity contribution in [1.29, 1.82) is 0 Å². The first-order chi connectivity index (χ1) is 7.25. The zero-order valence-electron chi connectivity index (χ0n) is 8.68. The van der Waals surface area contributed by atoms with Crippen molar-refractivity contribution in [3.8, 4) is 0 Å². The lowest BCUT2D eigenvalue weighted by Crippen LogP contribution is -2.41. The molecule has 0 amide bonds. The molecular formula is C12H14O3. The average molecular weight is 206 g/mol. The Morgan fingerprint density at radius 1 is 1.47 bits per heavy atom. The molecule has 3 nitrogen and oxygen atoms in total. The van der Waals surface area contributed by atoms with Crippen molar-refractivity contribution in [2.45, 2.75) is 32.2 Å². The number of carbonyl (C=O) groups is 1. The van der Waals surface area contributed by atoms with Crippen LogP contribution < -0.4 is 0 Å². The number of rotatable bonds is 4. The molecule has 0 saturated carbocycles. The van der Waals surface area contributed by atoms with Crippen molar-refractivity contribution < 1.29 is 14.3 Å². The van der Waals surface area contributed by atoms with E-state index in [0.717, 1.165) is 5.56 Å². The SMILES string of the molecule is C[C@H](OCc1ccccc1)[C@@H]1CC(=O)O1. The lowest BCUT2D eigenvalue weighted by molar-refractivity contribution is -0.183. The van der Waals surface area contributed by atoms with Crippen LogP contribution in [-0.2, 0) is 20.9 Å². The highest BCUT2D eigenvalue weighted by atomic mass is 16.6. The Kier molecular flexibility index (Phi) is 3.02. The van der Waals surface area contributed by atoms with Gasteiger partial charge in [-0.3, -0.25) is 4.79 Å². The molecule has 0 bridgehead atoms. The van der Waals surface area contributed by atoms with Crippen molar-refractivity contribution in [3.05, 3.63) is 35.9 Å². The van der Waals surface area contributed by atoms with E-state index in [2.05, 4.69) is 0 Å². The fourth-order valence-corrected chi connectivity index (χ4v) is 1.49. The first-order valence-electron chi connectivity index (χ1n) is 5.11. The van der Waals surface area contributed by atoms with Gasteiger partial charge in [0.15, 0.2) is 0 Å². The average Bonchev–Trinajstić information content (AvgIpc) is 2.23. The summed E-state index contributed by atoms with van der Waals surface area (Å²) < 4.78 is 10.5. The van der Waals surface area contributed by atoms with Gasteiger partial charge in [-0.15, -0.1) is 0 Å². The molecule has 2 rings (SSSR count). The van der Waals surface area contributed by atoms with Crippen molar-refractivity contribution >= 4 is 5.97 Å². The fraction of sp³-hybridized carbons (Fsp3) is 0.417. The van der Waals surface area contributed by atoms with E-state index in [1.165, 1.54) is 0 Å². The van der Waals surface area contributed by atoms with Gasteiger partial charge in [-0.05, 0) is 12.5 Å². The minimum absolute atomic E-state index is 0.0251. The highest BCUT2D eigenvalue weighted by molar-refractivity contribution is 5.75. The second-order valence-corrected chi connectivity index (χ2v) is 3.73. The summed E-state index contributed by atoms with van der Waals surface area (Å²) in [5, 5.41) is 0. The maximum absolute atomic E-state index is 10.6. The minimum Gasteiger partial charge on any atom is -0.459 e. The zero-order valence-corrected chi connectivity index (χ0v) is 8.68. The van der Waals surface area contributed by atoms with Gasteiger partial charge in [0.25, 0.3) is 0 Å². The Morgan fingerprint density at radius 3 is 2.73 bits per heavy atom. The van der Waals surface area contributed by atoms with E-state index < -0.39 is 0 Å². The predicted octanol–water partition coefficient (Wildman–Crippen LogP) is 1.91. The first kappa shape index (κ1) is 10.2. The molecule has 1 aromatic rings. The van der Waals surface area contributed by atoms with Crippen LogP contribution in [0.15, 0.2) is 30.3 Å². The van der Waals surface area contributed by atoms with E-state index in [1.807, 2.05) is 37.3 Å². The van der Waals surface area contributed by atoms with Crippen LogP contribution in [0.4, 0.5) is 0 Å². The molecule has 1 fully saturated rings. The Bertz CT molecular complexity index is 326. The summed E-state index contributed by atoms with van der Waals surface area (Å²) in [4.78, 5) is 10.6. The highest BCUT2D eigenvalue weighted by Crippen LogP contribution is 2.19. The molecule has 1 aromatic carbocycles. The van der Waals surface area contributed by atoms with Gasteiger partial charge < -0.3 is 9.47 Å². The molecule has 0 radical (unpaired) electrons. The van der Waals surface area contributed by atoms with Gasteiger partial charge in [0.1, 0.15) is 6.10 Å². The summed E-state index contributed by atoms with van der Waals surface area (Å²) >= 11 is 0. The molecule has 15 heavy (non-hydrogen) atoms. The molecular weight excluding hydrogens is 192 g/mol. The Labute approximate surface area is 89.0 Å². The van der Waals surface area contributed by atoms with E-state index in [1.54, 1.807) is 0 Å². The van der Waals surface area contributed by atoms with Crippen LogP contribution in [0.3, 0.4) is 0 Å². The van der Waals surface area contributed by atoms with E-state index in [-0.39, 0.29) is 18.2 Å². The molecule has 2 atom stereocenters. The van der Waals surface area contributed by atoms with E-state index in [0.29, 0.717) is 13.0 Å². The molecule has 0 unspecified atom stereocenters. The Morgan fingerprint density at radius 2 is 2.13 bits per heavy atom. The number of cyclic esters (lactones) is 1. The van der Waals surface area contributed by atoms with Gasteiger partial charge in [0.05, 0.1) is 19.1 Å². The van der Waals surface area contributed by atoms with Gasteiger partial charge in [0, 0.05) is 0 Å². The quantitative estimate of drug-likeness (QED) is 0.706. The van der Waals surface area contributed by atoms with Gasteiger partial charge in [-0.1, -0.05) is 30.3 Å². The second kappa shape index (κ2) is 4.45. The normalized spacial score (nSPS) is 21.7. The first-order valence-corrected chi connectivity index (χ1v) is 5.11. The summed E-state index contributed by atoms with van der Waals surface area (Å²) in [5.41, 5.74) is 1.13. The van der Waals surface area contributed by atoms with Gasteiger partial charge in [0.2, 0.25) is 0 Å². The van der Waals surface area contributed by atoms with E-state index in [9.17, 15) is 4.79 Å². The van der Waals surface area contributed by atoms with Gasteiger partial charge in [-0.2, -0.15) is 0 Å². The monoisotopic (exact) mass is 206 g/mol. The zero-order chi connectivity index (χ0) is 10.7. The third-order valence-corrected chi connectivity index (χ3v) is 2.53. The number of ether oxygens (including phenoxy) is 2. The van der Waals surface area contributed by atoms with Crippen LogP contribution >= 0.6 is 0 Å². The summed E-state index contributed by atoms with van der Waals surface area (Å²) in [6, 6.07) is 9.96. The van der Waals surface area contributed by atoms with Gasteiger partial charge in [-0.25, -0.2) is 0 Å². The van der Waals surface area contributed by atoms with Crippen molar-refractivity contribution in [1.82, 2.24) is 0 Å². The summed E-state index contributed by atoms with van der Waals surface area (Å²) in [6.07, 6.45) is 0.403. The maximum Gasteiger partial charge on any atom is 0.310 e. The third kappa shape index (κ3) is 2.57. The molecule has 1 aliphatic rings. The number of benzene rings is 1. The lowest BCUT2D eigenvalue weighted by atomic mass is 10.1. The Balaban J connectivity index is 1.76. The van der Waals surface area contributed by atoms with E-state index in [4.69, 9.17) is 9.47 Å². The summed E-state index contributed by atoms with van der Waals surface area (Å²) in [7, 11) is 0. The van der Waals surface area contributed by atoms with Crippen LogP contribution in [0.5, 0.6) is 0 Å². The minimum atomic E-state index is -0.129. The maximum atomic E-state index is 10.6. The standard InChI is InChI=1S/C12H14O3/c1-9(11-7-12(13)15-11)14-8-10-5-3-2-4-6-10/h2-6,9,11H,7-8H2,1H3/t9-,11-/m0/s1. The molecule has 0 N–H and O–H groups in total. The second-order valence-electron chi connectivity index (χ2n) is 3.73. The molecule has 3 heteroatoms. The summed E-state index contributed by atoms with van der Waals surface area (Å²) in [6.45, 7) is 2.50. The molecule has 1 aliphatic heterocycles. The fourth-order valence-electron chi connectivity index (χ4n) is 1.49. The smallest absolute Gasteiger partial charge is 0.310 e. The lowest BCUT2D eigenvalue weighted by Gasteiger charge is -2.30. The molecule has 0 spiro atoms. The van der Waals surface area contributed by atoms with Gasteiger partial charge >= 0.3 is 5.97 Å². The number of carbonyl (C=O) groups excluding carboxylic acids is 1. The number of esters is 1. The predicted molar refractivity (Wildman–Crippen MR) is 55.2 cm³/mol. The molecule has 0 aromatic heterocycles. The number of hydrogen-bond acceptors (Lipinski definition) is 3. The van der Waals surface area contributed by atoms with Crippen molar-refractivity contribution in [3.63, 3.8) is 0 Å². The molecule has 80 valence electrons. The topological polar surface area (TPSA) is 35.5 Å². The molecule has 0 aliphatic carbocycles. The van der Waals surface area contributed by atoms with Crippen LogP contribution in [0, 0.1) is 0 Å². The highest BCUT2D eigenvalue weighted by Gasteiger charge is 2.33. The number of hydrogen-bond donors (Lipinski definition) is 0. The summed E-state index contributed by atoms with van der Waals surface area (Å²) in [5.74, 6) is -0.129. The molecule has 1 saturated heterocycles. The largest absolute Gasteiger partial charge is 0.459 e. The van der Waals surface area contributed by atoms with E-state index >= 15 is 0 Å². The molecule has 1 heterocycles. The Hall–Kier alpha value is -1.35. The van der Waals surface area contributed by atoms with Crippen LogP contribution in [0.2, 0.25) is 0 Å². The third-order valence-electron chi connectivity index (χ3n) is 2.53. The van der Waals surface area contributed by atoms with Crippen LogP contribution in [0.25, 0.3) is 0 Å². The van der Waals surface area contributed by atoms with Crippen LogP contribution in [0.1, 0.15) is 18.9 Å². The van der Waals surface area contributed by atoms with Crippen LogP contribution in [-0.4, -0.2) is 18.2 Å².